The monoisotopic (exact) mass is 196 g/mol. The molecule has 1 N–H and O–H groups in total. The second-order valence-corrected chi connectivity index (χ2v) is 5.07. The van der Waals surface area contributed by atoms with Crippen molar-refractivity contribution in [3.8, 4) is 0 Å². The van der Waals surface area contributed by atoms with Crippen LogP contribution in [0.25, 0.3) is 0 Å². The van der Waals surface area contributed by atoms with Crippen LogP contribution in [0.2, 0.25) is 0 Å². The van der Waals surface area contributed by atoms with E-state index in [4.69, 9.17) is 0 Å². The Morgan fingerprint density at radius 2 is 1.93 bits per heavy atom. The first kappa shape index (κ1) is 10.0. The summed E-state index contributed by atoms with van der Waals surface area (Å²) in [5, 5.41) is 9.39. The van der Waals surface area contributed by atoms with Gasteiger partial charge in [0.25, 0.3) is 0 Å². The van der Waals surface area contributed by atoms with Crippen LogP contribution in [0.15, 0.2) is 0 Å². The molecular weight excluding hydrogens is 176 g/mol. The zero-order valence-electron chi connectivity index (χ0n) is 9.18. The minimum Gasteiger partial charge on any atom is -0.481 e. The van der Waals surface area contributed by atoms with Crippen LogP contribution in [-0.4, -0.2) is 11.1 Å². The van der Waals surface area contributed by atoms with Crippen molar-refractivity contribution in [2.75, 3.05) is 0 Å². The third-order valence-electron chi connectivity index (χ3n) is 5.06. The lowest BCUT2D eigenvalue weighted by atomic mass is 9.78. The second-order valence-electron chi connectivity index (χ2n) is 5.07. The first-order chi connectivity index (χ1) is 6.62. The second kappa shape index (κ2) is 2.98. The first-order valence-corrected chi connectivity index (χ1v) is 5.85. The third kappa shape index (κ3) is 0.896. The molecule has 14 heavy (non-hydrogen) atoms. The fraction of sp³-hybridized carbons (Fsp3) is 0.917. The van der Waals surface area contributed by atoms with Crippen molar-refractivity contribution in [2.45, 2.75) is 52.4 Å². The largest absolute Gasteiger partial charge is 0.481 e. The van der Waals surface area contributed by atoms with E-state index >= 15 is 0 Å². The summed E-state index contributed by atoms with van der Waals surface area (Å²) in [4.78, 5) is 11.4. The molecule has 2 fully saturated rings. The average molecular weight is 196 g/mol. The van der Waals surface area contributed by atoms with Crippen molar-refractivity contribution in [2.24, 2.45) is 16.7 Å². The fourth-order valence-electron chi connectivity index (χ4n) is 4.17. The van der Waals surface area contributed by atoms with Gasteiger partial charge in [-0.2, -0.15) is 0 Å². The summed E-state index contributed by atoms with van der Waals surface area (Å²) >= 11 is 0. The summed E-state index contributed by atoms with van der Waals surface area (Å²) in [5.41, 5.74) is -0.195. The van der Waals surface area contributed by atoms with E-state index in [2.05, 4.69) is 6.92 Å². The van der Waals surface area contributed by atoms with Gasteiger partial charge in [-0.05, 0) is 30.6 Å². The van der Waals surface area contributed by atoms with Crippen molar-refractivity contribution in [1.82, 2.24) is 0 Å². The van der Waals surface area contributed by atoms with E-state index in [0.717, 1.165) is 19.3 Å². The Morgan fingerprint density at radius 1 is 1.36 bits per heavy atom. The van der Waals surface area contributed by atoms with E-state index in [1.54, 1.807) is 0 Å². The molecule has 2 atom stereocenters. The van der Waals surface area contributed by atoms with Crippen LogP contribution in [0.5, 0.6) is 0 Å². The van der Waals surface area contributed by atoms with Crippen LogP contribution < -0.4 is 0 Å². The van der Waals surface area contributed by atoms with Crippen molar-refractivity contribution in [3.05, 3.63) is 0 Å². The SMILES string of the molecule is CCC1(C(=O)O)C(C)C12CCCCC2. The van der Waals surface area contributed by atoms with Gasteiger partial charge in [0.2, 0.25) is 0 Å². The molecule has 0 heterocycles. The maximum absolute atomic E-state index is 11.4. The van der Waals surface area contributed by atoms with Gasteiger partial charge in [0.05, 0.1) is 5.41 Å². The van der Waals surface area contributed by atoms with Crippen LogP contribution >= 0.6 is 0 Å². The van der Waals surface area contributed by atoms with E-state index in [1.807, 2.05) is 6.92 Å². The molecule has 2 aliphatic carbocycles. The minimum atomic E-state index is -0.547. The first-order valence-electron chi connectivity index (χ1n) is 5.85. The molecule has 0 aromatic heterocycles. The van der Waals surface area contributed by atoms with Crippen LogP contribution in [0, 0.1) is 16.7 Å². The molecule has 2 heteroatoms. The normalized spacial score (nSPS) is 39.7. The molecule has 0 radical (unpaired) electrons. The summed E-state index contributed by atoms with van der Waals surface area (Å²) in [7, 11) is 0. The van der Waals surface area contributed by atoms with E-state index < -0.39 is 5.97 Å². The Hall–Kier alpha value is -0.530. The standard InChI is InChI=1S/C12H20O2/c1-3-12(10(13)14)9(2)11(12)7-5-4-6-8-11/h9H,3-8H2,1-2H3,(H,13,14). The molecule has 0 aliphatic heterocycles. The number of hydrogen-bond acceptors (Lipinski definition) is 1. The highest BCUT2D eigenvalue weighted by Crippen LogP contribution is 2.76. The lowest BCUT2D eigenvalue weighted by molar-refractivity contribution is -0.145. The average Bonchev–Trinajstić information content (AvgIpc) is 2.68. The van der Waals surface area contributed by atoms with Gasteiger partial charge in [-0.25, -0.2) is 0 Å². The van der Waals surface area contributed by atoms with Crippen molar-refractivity contribution >= 4 is 5.97 Å². The van der Waals surface area contributed by atoms with E-state index in [-0.39, 0.29) is 10.8 Å². The van der Waals surface area contributed by atoms with Gasteiger partial charge in [0.15, 0.2) is 0 Å². The van der Waals surface area contributed by atoms with Gasteiger partial charge in [-0.3, -0.25) is 4.79 Å². The van der Waals surface area contributed by atoms with E-state index in [0.29, 0.717) is 5.92 Å². The molecule has 0 bridgehead atoms. The van der Waals surface area contributed by atoms with Crippen molar-refractivity contribution < 1.29 is 9.90 Å². The van der Waals surface area contributed by atoms with Gasteiger partial charge in [-0.1, -0.05) is 33.1 Å². The zero-order chi connectivity index (χ0) is 10.4. The lowest BCUT2D eigenvalue weighted by Crippen LogP contribution is -2.24. The molecule has 2 nitrogen and oxygen atoms in total. The molecule has 0 aromatic rings. The van der Waals surface area contributed by atoms with E-state index in [1.165, 1.54) is 19.3 Å². The molecule has 2 aliphatic rings. The highest BCUT2D eigenvalue weighted by Gasteiger charge is 2.76. The maximum atomic E-state index is 11.4. The third-order valence-corrected chi connectivity index (χ3v) is 5.06. The zero-order valence-corrected chi connectivity index (χ0v) is 9.18. The molecule has 2 rings (SSSR count). The van der Waals surface area contributed by atoms with Crippen LogP contribution in [0.3, 0.4) is 0 Å². The van der Waals surface area contributed by atoms with Crippen LogP contribution in [-0.2, 0) is 4.79 Å². The Morgan fingerprint density at radius 3 is 2.29 bits per heavy atom. The Balaban J connectivity index is 2.26. The summed E-state index contributed by atoms with van der Waals surface area (Å²) in [5.74, 6) is -0.146. The summed E-state index contributed by atoms with van der Waals surface area (Å²) in [6.45, 7) is 4.18. The van der Waals surface area contributed by atoms with Gasteiger partial charge in [0.1, 0.15) is 0 Å². The molecule has 0 saturated heterocycles. The molecule has 0 amide bonds. The predicted molar refractivity (Wildman–Crippen MR) is 55.0 cm³/mol. The number of hydrogen-bond donors (Lipinski definition) is 1. The summed E-state index contributed by atoms with van der Waals surface area (Å²) in [6, 6.07) is 0. The van der Waals surface area contributed by atoms with Gasteiger partial charge in [-0.15, -0.1) is 0 Å². The Labute approximate surface area is 85.7 Å². The number of carbonyl (C=O) groups is 1. The van der Waals surface area contributed by atoms with Crippen molar-refractivity contribution in [1.29, 1.82) is 0 Å². The molecule has 2 saturated carbocycles. The summed E-state index contributed by atoms with van der Waals surface area (Å²) < 4.78 is 0. The number of rotatable bonds is 2. The molecule has 1 spiro atoms. The number of carboxylic acid groups (broad SMARTS) is 1. The molecule has 0 aromatic carbocycles. The highest BCUT2D eigenvalue weighted by molar-refractivity contribution is 5.81. The number of aliphatic carboxylic acids is 1. The van der Waals surface area contributed by atoms with Gasteiger partial charge < -0.3 is 5.11 Å². The van der Waals surface area contributed by atoms with Crippen molar-refractivity contribution in [3.63, 3.8) is 0 Å². The van der Waals surface area contributed by atoms with Crippen LogP contribution in [0.4, 0.5) is 0 Å². The highest BCUT2D eigenvalue weighted by atomic mass is 16.4. The fourth-order valence-corrected chi connectivity index (χ4v) is 4.17. The summed E-state index contributed by atoms with van der Waals surface area (Å²) in [6.07, 6.45) is 6.87. The number of carboxylic acids is 1. The molecule has 80 valence electrons. The Kier molecular flexibility index (Phi) is 2.13. The van der Waals surface area contributed by atoms with Gasteiger partial charge >= 0.3 is 5.97 Å². The molecule has 2 unspecified atom stereocenters. The minimum absolute atomic E-state index is 0.172. The molecular formula is C12H20O2. The van der Waals surface area contributed by atoms with Crippen LogP contribution in [0.1, 0.15) is 52.4 Å². The Bertz CT molecular complexity index is 253. The van der Waals surface area contributed by atoms with Gasteiger partial charge in [0, 0.05) is 0 Å². The quantitative estimate of drug-likeness (QED) is 0.737. The topological polar surface area (TPSA) is 37.3 Å². The maximum Gasteiger partial charge on any atom is 0.310 e. The smallest absolute Gasteiger partial charge is 0.310 e. The van der Waals surface area contributed by atoms with E-state index in [9.17, 15) is 9.90 Å². The predicted octanol–water partition coefficient (Wildman–Crippen LogP) is 3.07. The lowest BCUT2D eigenvalue weighted by Gasteiger charge is -2.26.